The summed E-state index contributed by atoms with van der Waals surface area (Å²) in [4.78, 5) is 11.3. The van der Waals surface area contributed by atoms with Crippen molar-refractivity contribution in [3.8, 4) is 0 Å². The van der Waals surface area contributed by atoms with Gasteiger partial charge in [-0.15, -0.1) is 0 Å². The molecule has 1 saturated carbocycles. The molecule has 0 radical (unpaired) electrons. The normalized spacial score (nSPS) is 50.1. The van der Waals surface area contributed by atoms with Crippen molar-refractivity contribution in [2.45, 2.75) is 38.9 Å². The standard InChI is InChI=1S/C10H16O3/c1-6-3-4-8-7(2)9(11)13-10(8,12)5-6/h6-8,12H,3-5H2,1-2H3/t6-,7-,8-,10-/m1/s1. The molecule has 13 heavy (non-hydrogen) atoms. The molecule has 2 aliphatic rings. The van der Waals surface area contributed by atoms with E-state index in [9.17, 15) is 9.90 Å². The SMILES string of the molecule is C[C@@H]1CC[C@@H]2[C@@H](C)C(=O)O[C@]2(O)C1. The van der Waals surface area contributed by atoms with Gasteiger partial charge in [0.15, 0.2) is 0 Å². The molecule has 2 fully saturated rings. The number of hydrogen-bond acceptors (Lipinski definition) is 3. The van der Waals surface area contributed by atoms with E-state index in [1.54, 1.807) is 0 Å². The monoisotopic (exact) mass is 184 g/mol. The highest BCUT2D eigenvalue weighted by molar-refractivity contribution is 5.75. The van der Waals surface area contributed by atoms with Crippen LogP contribution in [-0.2, 0) is 9.53 Å². The van der Waals surface area contributed by atoms with Gasteiger partial charge in [0.2, 0.25) is 5.79 Å². The Morgan fingerprint density at radius 3 is 2.85 bits per heavy atom. The van der Waals surface area contributed by atoms with Crippen LogP contribution in [0, 0.1) is 17.8 Å². The average molecular weight is 184 g/mol. The Morgan fingerprint density at radius 2 is 2.15 bits per heavy atom. The maximum Gasteiger partial charge on any atom is 0.311 e. The molecule has 0 aromatic heterocycles. The van der Waals surface area contributed by atoms with E-state index in [1.807, 2.05) is 6.92 Å². The fourth-order valence-electron chi connectivity index (χ4n) is 2.63. The van der Waals surface area contributed by atoms with Crippen LogP contribution in [0.3, 0.4) is 0 Å². The van der Waals surface area contributed by atoms with Crippen molar-refractivity contribution in [3.63, 3.8) is 0 Å². The maximum absolute atomic E-state index is 11.3. The molecule has 1 aliphatic carbocycles. The van der Waals surface area contributed by atoms with Crippen molar-refractivity contribution in [1.29, 1.82) is 0 Å². The molecular weight excluding hydrogens is 168 g/mol. The summed E-state index contributed by atoms with van der Waals surface area (Å²) in [6.07, 6.45) is 2.60. The molecule has 3 nitrogen and oxygen atoms in total. The van der Waals surface area contributed by atoms with Crippen molar-refractivity contribution in [3.05, 3.63) is 0 Å². The van der Waals surface area contributed by atoms with Crippen LogP contribution in [0.25, 0.3) is 0 Å². The van der Waals surface area contributed by atoms with Crippen molar-refractivity contribution < 1.29 is 14.6 Å². The highest BCUT2D eigenvalue weighted by Crippen LogP contribution is 2.46. The Balaban J connectivity index is 2.22. The van der Waals surface area contributed by atoms with Crippen molar-refractivity contribution in [2.75, 3.05) is 0 Å². The number of rotatable bonds is 0. The Labute approximate surface area is 78.1 Å². The Morgan fingerprint density at radius 1 is 1.46 bits per heavy atom. The summed E-state index contributed by atoms with van der Waals surface area (Å²) in [5.41, 5.74) is 0. The third-order valence-corrected chi connectivity index (χ3v) is 3.44. The van der Waals surface area contributed by atoms with Crippen molar-refractivity contribution >= 4 is 5.97 Å². The Hall–Kier alpha value is -0.570. The van der Waals surface area contributed by atoms with E-state index in [0.29, 0.717) is 12.3 Å². The quantitative estimate of drug-likeness (QED) is 0.577. The number of aliphatic hydroxyl groups is 1. The molecular formula is C10H16O3. The molecule has 1 saturated heterocycles. The highest BCUT2D eigenvalue weighted by atomic mass is 16.7. The van der Waals surface area contributed by atoms with Crippen LogP contribution in [-0.4, -0.2) is 16.9 Å². The molecule has 0 unspecified atom stereocenters. The summed E-state index contributed by atoms with van der Waals surface area (Å²) in [6, 6.07) is 0. The molecule has 0 amide bonds. The molecule has 0 aromatic rings. The summed E-state index contributed by atoms with van der Waals surface area (Å²) < 4.78 is 5.05. The van der Waals surface area contributed by atoms with E-state index in [-0.39, 0.29) is 17.8 Å². The van der Waals surface area contributed by atoms with Crippen LogP contribution in [0.4, 0.5) is 0 Å². The van der Waals surface area contributed by atoms with Gasteiger partial charge in [-0.1, -0.05) is 13.8 Å². The van der Waals surface area contributed by atoms with E-state index in [4.69, 9.17) is 4.74 Å². The summed E-state index contributed by atoms with van der Waals surface area (Å²) in [5.74, 6) is -1.02. The fourth-order valence-corrected chi connectivity index (χ4v) is 2.63. The zero-order chi connectivity index (χ0) is 9.64. The molecule has 4 atom stereocenters. The Kier molecular flexibility index (Phi) is 1.88. The number of ether oxygens (including phenoxy) is 1. The van der Waals surface area contributed by atoms with Crippen molar-refractivity contribution in [1.82, 2.24) is 0 Å². The first-order valence-corrected chi connectivity index (χ1v) is 4.98. The smallest absolute Gasteiger partial charge is 0.311 e. The predicted molar refractivity (Wildman–Crippen MR) is 46.7 cm³/mol. The number of hydrogen-bond donors (Lipinski definition) is 1. The molecule has 3 heteroatoms. The number of fused-ring (bicyclic) bond motifs is 1. The summed E-state index contributed by atoms with van der Waals surface area (Å²) in [5, 5.41) is 10.1. The number of carbonyl (C=O) groups excluding carboxylic acids is 1. The van der Waals surface area contributed by atoms with Gasteiger partial charge in [0.05, 0.1) is 5.92 Å². The lowest BCUT2D eigenvalue weighted by Crippen LogP contribution is -2.41. The van der Waals surface area contributed by atoms with Gasteiger partial charge in [-0.05, 0) is 18.8 Å². The first-order valence-electron chi connectivity index (χ1n) is 4.98. The van der Waals surface area contributed by atoms with Gasteiger partial charge in [0, 0.05) is 12.3 Å². The molecule has 2 rings (SSSR count). The lowest BCUT2D eigenvalue weighted by molar-refractivity contribution is -0.217. The Bertz CT molecular complexity index is 238. The second kappa shape index (κ2) is 2.71. The molecule has 0 aromatic carbocycles. The summed E-state index contributed by atoms with van der Waals surface area (Å²) in [7, 11) is 0. The highest BCUT2D eigenvalue weighted by Gasteiger charge is 2.54. The molecule has 1 aliphatic heterocycles. The summed E-state index contributed by atoms with van der Waals surface area (Å²) >= 11 is 0. The molecule has 0 spiro atoms. The minimum atomic E-state index is -1.14. The maximum atomic E-state index is 11.3. The van der Waals surface area contributed by atoms with Crippen molar-refractivity contribution in [2.24, 2.45) is 17.8 Å². The minimum Gasteiger partial charge on any atom is -0.433 e. The molecule has 1 N–H and O–H groups in total. The lowest BCUT2D eigenvalue weighted by atomic mass is 9.74. The zero-order valence-electron chi connectivity index (χ0n) is 8.12. The third-order valence-electron chi connectivity index (χ3n) is 3.44. The second-order valence-electron chi connectivity index (χ2n) is 4.55. The van der Waals surface area contributed by atoms with Crippen LogP contribution < -0.4 is 0 Å². The zero-order valence-corrected chi connectivity index (χ0v) is 8.12. The van der Waals surface area contributed by atoms with Gasteiger partial charge in [0.1, 0.15) is 0 Å². The van der Waals surface area contributed by atoms with E-state index >= 15 is 0 Å². The molecule has 0 bridgehead atoms. The van der Waals surface area contributed by atoms with E-state index in [0.717, 1.165) is 12.8 Å². The first kappa shape index (κ1) is 9.00. The van der Waals surface area contributed by atoms with Gasteiger partial charge in [-0.25, -0.2) is 0 Å². The van der Waals surface area contributed by atoms with Gasteiger partial charge >= 0.3 is 5.97 Å². The third kappa shape index (κ3) is 1.26. The van der Waals surface area contributed by atoms with Gasteiger partial charge in [-0.3, -0.25) is 4.79 Å². The van der Waals surface area contributed by atoms with E-state index in [1.165, 1.54) is 0 Å². The average Bonchev–Trinajstić information content (AvgIpc) is 2.22. The van der Waals surface area contributed by atoms with Crippen LogP contribution in [0.5, 0.6) is 0 Å². The van der Waals surface area contributed by atoms with E-state index in [2.05, 4.69) is 6.92 Å². The number of carbonyl (C=O) groups is 1. The number of esters is 1. The topological polar surface area (TPSA) is 46.5 Å². The van der Waals surface area contributed by atoms with E-state index < -0.39 is 5.79 Å². The van der Waals surface area contributed by atoms with Gasteiger partial charge < -0.3 is 9.84 Å². The minimum absolute atomic E-state index is 0.0243. The predicted octanol–water partition coefficient (Wildman–Crippen LogP) is 1.30. The van der Waals surface area contributed by atoms with Gasteiger partial charge in [0.25, 0.3) is 0 Å². The van der Waals surface area contributed by atoms with Crippen LogP contribution in [0.15, 0.2) is 0 Å². The second-order valence-corrected chi connectivity index (χ2v) is 4.55. The molecule has 74 valence electrons. The van der Waals surface area contributed by atoms with Crippen LogP contribution >= 0.6 is 0 Å². The largest absolute Gasteiger partial charge is 0.433 e. The van der Waals surface area contributed by atoms with Gasteiger partial charge in [-0.2, -0.15) is 0 Å². The first-order chi connectivity index (χ1) is 6.03. The fraction of sp³-hybridized carbons (Fsp3) is 0.900. The van der Waals surface area contributed by atoms with Crippen LogP contribution in [0.1, 0.15) is 33.1 Å². The lowest BCUT2D eigenvalue weighted by Gasteiger charge is -2.36. The van der Waals surface area contributed by atoms with Crippen LogP contribution in [0.2, 0.25) is 0 Å². The molecule has 1 heterocycles. The summed E-state index contributed by atoms with van der Waals surface area (Å²) in [6.45, 7) is 3.94.